The molecular weight excluding hydrogens is 669 g/mol. The van der Waals surface area contributed by atoms with E-state index >= 15 is 0 Å². The Balaban J connectivity index is 0.981. The number of nitriles is 2. The molecule has 0 saturated heterocycles. The number of nitrogens with zero attached hydrogens (tertiary/aromatic N) is 4. The average molecular weight is 703 g/mol. The molecule has 0 bridgehead atoms. The van der Waals surface area contributed by atoms with Crippen LogP contribution >= 0.6 is 0 Å². The van der Waals surface area contributed by atoms with Crippen molar-refractivity contribution in [2.75, 3.05) is 4.90 Å². The summed E-state index contributed by atoms with van der Waals surface area (Å²) >= 11 is 0. The Labute approximate surface area is 320 Å². The van der Waals surface area contributed by atoms with E-state index in [0.717, 1.165) is 40.0 Å². The van der Waals surface area contributed by atoms with Crippen LogP contribution in [0.5, 0.6) is 0 Å². The molecule has 2 aliphatic rings. The summed E-state index contributed by atoms with van der Waals surface area (Å²) in [5.41, 5.74) is 16.2. The van der Waals surface area contributed by atoms with Gasteiger partial charge in [-0.3, -0.25) is 0 Å². The lowest BCUT2D eigenvalue weighted by Crippen LogP contribution is -2.40. The fourth-order valence-corrected chi connectivity index (χ4v) is 8.72. The molecule has 258 valence electrons. The van der Waals surface area contributed by atoms with Crippen LogP contribution in [0.4, 0.5) is 11.4 Å². The van der Waals surface area contributed by atoms with Crippen molar-refractivity contribution in [3.8, 4) is 40.1 Å². The first-order chi connectivity index (χ1) is 27.0. The number of hydrogen-bond donors (Lipinski definition) is 0. The van der Waals surface area contributed by atoms with Gasteiger partial charge >= 0.3 is 0 Å². The molecule has 0 N–H and O–H groups in total. The van der Waals surface area contributed by atoms with Crippen molar-refractivity contribution >= 4 is 44.3 Å². The molecule has 10 rings (SSSR count). The molecule has 0 saturated carbocycles. The molecule has 4 nitrogen and oxygen atoms in total. The highest BCUT2D eigenvalue weighted by molar-refractivity contribution is 6.10. The molecule has 0 radical (unpaired) electrons. The Morgan fingerprint density at radius 3 is 2.00 bits per heavy atom. The van der Waals surface area contributed by atoms with Crippen molar-refractivity contribution in [3.63, 3.8) is 0 Å². The Morgan fingerprint density at radius 1 is 0.527 bits per heavy atom. The average Bonchev–Trinajstić information content (AvgIpc) is 3.72. The third kappa shape index (κ3) is 5.19. The Kier molecular flexibility index (Phi) is 7.41. The van der Waals surface area contributed by atoms with E-state index in [-0.39, 0.29) is 5.54 Å². The largest absolute Gasteiger partial charge is 0.331 e. The van der Waals surface area contributed by atoms with Crippen molar-refractivity contribution in [3.05, 3.63) is 198 Å². The Hall–Kier alpha value is -7.40. The highest BCUT2D eigenvalue weighted by Gasteiger charge is 2.45. The number of aromatic nitrogens is 1. The summed E-state index contributed by atoms with van der Waals surface area (Å²) in [5.74, 6) is 0. The fraction of sp³-hybridized carbons (Fsp3) is 0.0588. The van der Waals surface area contributed by atoms with Gasteiger partial charge in [-0.05, 0) is 125 Å². The molecule has 4 heteroatoms. The summed E-state index contributed by atoms with van der Waals surface area (Å²) in [5, 5.41) is 21.2. The highest BCUT2D eigenvalue weighted by Crippen LogP contribution is 2.55. The summed E-state index contributed by atoms with van der Waals surface area (Å²) in [7, 11) is 0. The van der Waals surface area contributed by atoms with Gasteiger partial charge in [0.05, 0.1) is 39.8 Å². The van der Waals surface area contributed by atoms with Gasteiger partial charge in [0.2, 0.25) is 0 Å². The van der Waals surface area contributed by atoms with Crippen LogP contribution in [-0.2, 0) is 0 Å². The summed E-state index contributed by atoms with van der Waals surface area (Å²) < 4.78 is 2.25. The molecule has 0 fully saturated rings. The van der Waals surface area contributed by atoms with Gasteiger partial charge in [0.1, 0.15) is 0 Å². The number of hydrogen-bond acceptors (Lipinski definition) is 3. The molecule has 55 heavy (non-hydrogen) atoms. The van der Waals surface area contributed by atoms with Gasteiger partial charge in [-0.1, -0.05) is 103 Å². The molecule has 0 spiro atoms. The van der Waals surface area contributed by atoms with Gasteiger partial charge < -0.3 is 9.47 Å². The minimum absolute atomic E-state index is 0.249. The van der Waals surface area contributed by atoms with Crippen LogP contribution in [0.2, 0.25) is 0 Å². The molecule has 0 amide bonds. The Morgan fingerprint density at radius 2 is 1.18 bits per heavy atom. The third-order valence-electron chi connectivity index (χ3n) is 11.4. The van der Waals surface area contributed by atoms with Crippen molar-refractivity contribution in [1.82, 2.24) is 4.57 Å². The van der Waals surface area contributed by atoms with Gasteiger partial charge in [-0.2, -0.15) is 10.5 Å². The SMILES string of the molecule is CC12CC=C(c3ccc(-c4ccc5c(c4)c4ccccc4n5-c4cccc(C#N)c4)cc3)C=C1c1ccccc1N2c1cccc(-c2ccc(C#N)cc2)c1. The minimum Gasteiger partial charge on any atom is -0.331 e. The molecule has 1 unspecified atom stereocenters. The van der Waals surface area contributed by atoms with Crippen molar-refractivity contribution in [2.24, 2.45) is 0 Å². The maximum atomic E-state index is 9.57. The van der Waals surface area contributed by atoms with Gasteiger partial charge in [0.25, 0.3) is 0 Å². The second kappa shape index (κ2) is 12.6. The summed E-state index contributed by atoms with van der Waals surface area (Å²) in [4.78, 5) is 2.51. The number of benzene rings is 7. The highest BCUT2D eigenvalue weighted by atomic mass is 15.2. The Bertz CT molecular complexity index is 2980. The van der Waals surface area contributed by atoms with E-state index in [1.165, 1.54) is 49.9 Å². The van der Waals surface area contributed by atoms with E-state index in [1.54, 1.807) is 0 Å². The van der Waals surface area contributed by atoms with Gasteiger partial charge in [-0.25, -0.2) is 0 Å². The van der Waals surface area contributed by atoms with Crippen molar-refractivity contribution in [2.45, 2.75) is 18.9 Å². The minimum atomic E-state index is -0.249. The van der Waals surface area contributed by atoms with Crippen LogP contribution in [0.1, 0.15) is 35.6 Å². The number of allylic oxidation sites excluding steroid dienone is 2. The summed E-state index contributed by atoms with van der Waals surface area (Å²) in [6.07, 6.45) is 5.65. The lowest BCUT2D eigenvalue weighted by molar-refractivity contribution is 0.608. The normalized spacial score (nSPS) is 15.9. The zero-order valence-electron chi connectivity index (χ0n) is 30.2. The van der Waals surface area contributed by atoms with E-state index in [2.05, 4.69) is 162 Å². The maximum Gasteiger partial charge on any atom is 0.0992 e. The second-order valence-corrected chi connectivity index (χ2v) is 14.6. The van der Waals surface area contributed by atoms with Gasteiger partial charge in [0, 0.05) is 33.4 Å². The predicted octanol–water partition coefficient (Wildman–Crippen LogP) is 12.6. The first-order valence-corrected chi connectivity index (χ1v) is 18.6. The van der Waals surface area contributed by atoms with E-state index in [0.29, 0.717) is 11.1 Å². The second-order valence-electron chi connectivity index (χ2n) is 14.6. The van der Waals surface area contributed by atoms with Crippen molar-refractivity contribution < 1.29 is 0 Å². The van der Waals surface area contributed by atoms with Crippen LogP contribution in [-0.4, -0.2) is 10.1 Å². The summed E-state index contributed by atoms with van der Waals surface area (Å²) in [6, 6.07) is 61.8. The standard InChI is InChI=1S/C51H34N4/c1-51-27-26-41(31-47(51)45-13-3-5-15-50(45)55(51)43-11-7-9-39(29-43)36-18-16-34(32-52)17-19-36)38-22-20-37(21-23-38)40-24-25-49-46(30-40)44-12-2-4-14-48(44)54(49)42-10-6-8-35(28-42)33-53/h2-26,28-31H,27H2,1H3. The lowest BCUT2D eigenvalue weighted by Gasteiger charge is -2.40. The van der Waals surface area contributed by atoms with Crippen LogP contribution in [0, 0.1) is 22.7 Å². The molecular formula is C51H34N4. The number of anilines is 2. The molecule has 8 aromatic rings. The smallest absolute Gasteiger partial charge is 0.0992 e. The molecule has 1 aliphatic heterocycles. The van der Waals surface area contributed by atoms with E-state index < -0.39 is 0 Å². The fourth-order valence-electron chi connectivity index (χ4n) is 8.72. The van der Waals surface area contributed by atoms with E-state index in [1.807, 2.05) is 42.5 Å². The molecule has 1 aromatic heterocycles. The zero-order valence-corrected chi connectivity index (χ0v) is 30.2. The predicted molar refractivity (Wildman–Crippen MR) is 225 cm³/mol. The monoisotopic (exact) mass is 702 g/mol. The summed E-state index contributed by atoms with van der Waals surface area (Å²) in [6.45, 7) is 2.36. The van der Waals surface area contributed by atoms with Crippen LogP contribution in [0.25, 0.3) is 60.9 Å². The third-order valence-corrected chi connectivity index (χ3v) is 11.4. The molecule has 2 heterocycles. The molecule has 1 atom stereocenters. The number of fused-ring (bicyclic) bond motifs is 6. The molecule has 7 aromatic carbocycles. The first-order valence-electron chi connectivity index (χ1n) is 18.6. The lowest BCUT2D eigenvalue weighted by atomic mass is 9.79. The molecule has 1 aliphatic carbocycles. The first kappa shape index (κ1) is 32.3. The van der Waals surface area contributed by atoms with E-state index in [9.17, 15) is 10.5 Å². The maximum absolute atomic E-state index is 9.57. The van der Waals surface area contributed by atoms with Crippen LogP contribution in [0.3, 0.4) is 0 Å². The number of para-hydroxylation sites is 2. The van der Waals surface area contributed by atoms with E-state index in [4.69, 9.17) is 0 Å². The van der Waals surface area contributed by atoms with Crippen molar-refractivity contribution in [1.29, 1.82) is 10.5 Å². The quantitative estimate of drug-likeness (QED) is 0.179. The van der Waals surface area contributed by atoms with Gasteiger partial charge in [0.15, 0.2) is 0 Å². The zero-order chi connectivity index (χ0) is 37.1. The topological polar surface area (TPSA) is 55.8 Å². The number of rotatable bonds is 5. The van der Waals surface area contributed by atoms with Crippen LogP contribution in [0.15, 0.2) is 176 Å². The van der Waals surface area contributed by atoms with Gasteiger partial charge in [-0.15, -0.1) is 0 Å². The van der Waals surface area contributed by atoms with Crippen LogP contribution < -0.4 is 4.90 Å².